The van der Waals surface area contributed by atoms with Crippen molar-refractivity contribution in [2.75, 3.05) is 18.0 Å². The molecule has 0 spiro atoms. The number of anilines is 1. The van der Waals surface area contributed by atoms with Crippen LogP contribution < -0.4 is 4.90 Å². The summed E-state index contributed by atoms with van der Waals surface area (Å²) in [6.07, 6.45) is 4.31. The lowest BCUT2D eigenvalue weighted by Crippen LogP contribution is -2.17. The Morgan fingerprint density at radius 3 is 2.36 bits per heavy atom. The molecular weight excluding hydrogens is 336 g/mol. The van der Waals surface area contributed by atoms with Gasteiger partial charge in [-0.05, 0) is 48.7 Å². The van der Waals surface area contributed by atoms with E-state index in [0.717, 1.165) is 24.2 Å². The quantitative estimate of drug-likeness (QED) is 0.611. The molecule has 2 aromatic carbocycles. The zero-order valence-corrected chi connectivity index (χ0v) is 14.4. The van der Waals surface area contributed by atoms with Gasteiger partial charge in [0.2, 0.25) is 0 Å². The van der Waals surface area contributed by atoms with Crippen LogP contribution >= 0.6 is 11.6 Å². The minimum absolute atomic E-state index is 0.437. The highest BCUT2D eigenvalue weighted by atomic mass is 35.5. The molecule has 1 saturated heterocycles. The highest BCUT2D eigenvalue weighted by Gasteiger charge is 2.26. The molecule has 0 radical (unpaired) electrons. The van der Waals surface area contributed by atoms with Crippen LogP contribution in [0.15, 0.2) is 59.3 Å². The molecule has 4 rings (SSSR count). The molecule has 2 heterocycles. The SMILES string of the molecule is O=C1ON=C(c2ccc(Cl)cc2)/C1=C/c1ccc(N2CCCC2)cc1. The van der Waals surface area contributed by atoms with E-state index < -0.39 is 5.97 Å². The fraction of sp³-hybridized carbons (Fsp3) is 0.200. The van der Waals surface area contributed by atoms with Gasteiger partial charge in [0.15, 0.2) is 0 Å². The van der Waals surface area contributed by atoms with E-state index in [1.807, 2.05) is 30.3 Å². The van der Waals surface area contributed by atoms with E-state index >= 15 is 0 Å². The molecule has 0 amide bonds. The molecule has 0 saturated carbocycles. The van der Waals surface area contributed by atoms with Crippen molar-refractivity contribution < 1.29 is 9.63 Å². The lowest BCUT2D eigenvalue weighted by molar-refractivity contribution is -0.136. The van der Waals surface area contributed by atoms with Gasteiger partial charge in [-0.25, -0.2) is 4.79 Å². The van der Waals surface area contributed by atoms with Gasteiger partial charge in [0.25, 0.3) is 0 Å². The maximum atomic E-state index is 12.1. The number of nitrogens with zero attached hydrogens (tertiary/aromatic N) is 2. The first kappa shape index (κ1) is 15.9. The summed E-state index contributed by atoms with van der Waals surface area (Å²) in [5.74, 6) is -0.437. The van der Waals surface area contributed by atoms with Crippen LogP contribution in [-0.4, -0.2) is 24.8 Å². The van der Waals surface area contributed by atoms with Crippen molar-refractivity contribution in [3.05, 3.63) is 70.3 Å². The fourth-order valence-electron chi connectivity index (χ4n) is 3.15. The predicted octanol–water partition coefficient (Wildman–Crippen LogP) is 4.28. The first-order chi connectivity index (χ1) is 12.2. The van der Waals surface area contributed by atoms with E-state index in [1.54, 1.807) is 12.1 Å². The third-order valence-corrected chi connectivity index (χ3v) is 4.74. The fourth-order valence-corrected chi connectivity index (χ4v) is 3.27. The van der Waals surface area contributed by atoms with E-state index in [0.29, 0.717) is 16.3 Å². The maximum absolute atomic E-state index is 12.1. The van der Waals surface area contributed by atoms with Gasteiger partial charge in [-0.3, -0.25) is 0 Å². The molecule has 0 aliphatic carbocycles. The summed E-state index contributed by atoms with van der Waals surface area (Å²) in [6, 6.07) is 15.4. The Morgan fingerprint density at radius 1 is 1.00 bits per heavy atom. The Balaban J connectivity index is 1.61. The summed E-state index contributed by atoms with van der Waals surface area (Å²) >= 11 is 5.93. The second-order valence-corrected chi connectivity index (χ2v) is 6.61. The Bertz CT molecular complexity index is 848. The van der Waals surface area contributed by atoms with E-state index in [4.69, 9.17) is 16.4 Å². The van der Waals surface area contributed by atoms with Gasteiger partial charge in [0.05, 0.1) is 5.57 Å². The highest BCUT2D eigenvalue weighted by molar-refractivity contribution is 6.32. The van der Waals surface area contributed by atoms with E-state index in [1.165, 1.54) is 18.5 Å². The van der Waals surface area contributed by atoms with Crippen molar-refractivity contribution in [2.24, 2.45) is 5.16 Å². The van der Waals surface area contributed by atoms with Crippen LogP contribution in [0.3, 0.4) is 0 Å². The second-order valence-electron chi connectivity index (χ2n) is 6.17. The third kappa shape index (κ3) is 3.30. The number of carbonyl (C=O) groups is 1. The number of halogens is 1. The average molecular weight is 353 g/mol. The molecule has 2 aromatic rings. The van der Waals surface area contributed by atoms with Crippen LogP contribution in [0.4, 0.5) is 5.69 Å². The van der Waals surface area contributed by atoms with Crippen LogP contribution in [-0.2, 0) is 9.63 Å². The number of benzene rings is 2. The summed E-state index contributed by atoms with van der Waals surface area (Å²) in [7, 11) is 0. The van der Waals surface area contributed by atoms with E-state index in [2.05, 4.69) is 22.2 Å². The van der Waals surface area contributed by atoms with Gasteiger partial charge in [0, 0.05) is 29.4 Å². The van der Waals surface area contributed by atoms with Gasteiger partial charge < -0.3 is 9.74 Å². The molecule has 25 heavy (non-hydrogen) atoms. The van der Waals surface area contributed by atoms with Crippen molar-refractivity contribution in [3.8, 4) is 0 Å². The smallest absolute Gasteiger partial charge is 0.368 e. The summed E-state index contributed by atoms with van der Waals surface area (Å²) in [5, 5.41) is 4.56. The Kier molecular flexibility index (Phi) is 4.28. The Labute approximate surface area is 151 Å². The molecule has 0 N–H and O–H groups in total. The Morgan fingerprint density at radius 2 is 1.68 bits per heavy atom. The largest absolute Gasteiger partial charge is 0.372 e. The van der Waals surface area contributed by atoms with Crippen molar-refractivity contribution in [1.82, 2.24) is 0 Å². The van der Waals surface area contributed by atoms with Crippen molar-refractivity contribution >= 4 is 35.0 Å². The van der Waals surface area contributed by atoms with Crippen LogP contribution in [0.2, 0.25) is 5.02 Å². The highest BCUT2D eigenvalue weighted by Crippen LogP contribution is 2.24. The second kappa shape index (κ2) is 6.73. The first-order valence-corrected chi connectivity index (χ1v) is 8.71. The summed E-state index contributed by atoms with van der Waals surface area (Å²) in [5.41, 5.74) is 3.95. The normalized spacial score (nSPS) is 18.6. The molecule has 126 valence electrons. The first-order valence-electron chi connectivity index (χ1n) is 8.33. The molecule has 2 aliphatic rings. The predicted molar refractivity (Wildman–Crippen MR) is 99.9 cm³/mol. The molecule has 1 fully saturated rings. The van der Waals surface area contributed by atoms with Crippen molar-refractivity contribution in [3.63, 3.8) is 0 Å². The molecule has 0 unspecified atom stereocenters. The zero-order valence-electron chi connectivity index (χ0n) is 13.6. The molecular formula is C20H17ClN2O2. The molecule has 0 aromatic heterocycles. The molecule has 5 heteroatoms. The monoisotopic (exact) mass is 352 g/mol. The van der Waals surface area contributed by atoms with E-state index in [9.17, 15) is 4.79 Å². The standard InChI is InChI=1S/C20H17ClN2O2/c21-16-7-5-15(6-8-16)19-18(20(24)25-22-19)13-14-3-9-17(10-4-14)23-11-1-2-12-23/h3-10,13H,1-2,11-12H2/b18-13-. The molecule has 4 nitrogen and oxygen atoms in total. The van der Waals surface area contributed by atoms with Gasteiger partial charge in [0.1, 0.15) is 5.71 Å². The van der Waals surface area contributed by atoms with Crippen LogP contribution in [0.5, 0.6) is 0 Å². The topological polar surface area (TPSA) is 41.9 Å². The summed E-state index contributed by atoms with van der Waals surface area (Å²) < 4.78 is 0. The maximum Gasteiger partial charge on any atom is 0.368 e. The van der Waals surface area contributed by atoms with Gasteiger partial charge >= 0.3 is 5.97 Å². The van der Waals surface area contributed by atoms with Crippen molar-refractivity contribution in [1.29, 1.82) is 0 Å². The average Bonchev–Trinajstić information content (AvgIpc) is 3.28. The minimum atomic E-state index is -0.437. The third-order valence-electron chi connectivity index (χ3n) is 4.49. The van der Waals surface area contributed by atoms with Crippen LogP contribution in [0, 0.1) is 0 Å². The van der Waals surface area contributed by atoms with Crippen LogP contribution in [0.25, 0.3) is 6.08 Å². The zero-order chi connectivity index (χ0) is 17.2. The number of oxime groups is 1. The number of hydrogen-bond donors (Lipinski definition) is 0. The van der Waals surface area contributed by atoms with Gasteiger partial charge in [-0.15, -0.1) is 0 Å². The number of rotatable bonds is 3. The summed E-state index contributed by atoms with van der Waals surface area (Å²) in [6.45, 7) is 2.22. The minimum Gasteiger partial charge on any atom is -0.372 e. The van der Waals surface area contributed by atoms with E-state index in [-0.39, 0.29) is 0 Å². The van der Waals surface area contributed by atoms with Crippen molar-refractivity contribution in [2.45, 2.75) is 12.8 Å². The Hall–Kier alpha value is -2.59. The van der Waals surface area contributed by atoms with Gasteiger partial charge in [-0.1, -0.05) is 41.0 Å². The van der Waals surface area contributed by atoms with Crippen LogP contribution in [0.1, 0.15) is 24.0 Å². The van der Waals surface area contributed by atoms with Gasteiger partial charge in [-0.2, -0.15) is 0 Å². The molecule has 2 aliphatic heterocycles. The lowest BCUT2D eigenvalue weighted by atomic mass is 10.0. The molecule has 0 atom stereocenters. The summed E-state index contributed by atoms with van der Waals surface area (Å²) in [4.78, 5) is 19.3. The number of carbonyl (C=O) groups excluding carboxylic acids is 1. The lowest BCUT2D eigenvalue weighted by Gasteiger charge is -2.17. The number of hydrogen-bond acceptors (Lipinski definition) is 4. The molecule has 0 bridgehead atoms.